The molecule has 0 saturated carbocycles. The van der Waals surface area contributed by atoms with Crippen molar-refractivity contribution in [1.29, 1.82) is 0 Å². The Kier molecular flexibility index (Phi) is 3.98. The van der Waals surface area contributed by atoms with Crippen LogP contribution < -0.4 is 5.32 Å². The van der Waals surface area contributed by atoms with Gasteiger partial charge in [-0.15, -0.1) is 0 Å². The van der Waals surface area contributed by atoms with Crippen molar-refractivity contribution in [2.45, 2.75) is 0 Å². The van der Waals surface area contributed by atoms with Gasteiger partial charge < -0.3 is 10.4 Å². The smallest absolute Gasteiger partial charge is 0.255 e. The van der Waals surface area contributed by atoms with Crippen molar-refractivity contribution >= 4 is 34.2 Å². The quantitative estimate of drug-likeness (QED) is 0.790. The molecule has 0 aliphatic carbocycles. The number of phenolic OH excluding ortho intramolecular Hbond substituents is 1. The minimum Gasteiger partial charge on any atom is -0.507 e. The molecule has 3 nitrogen and oxygen atoms in total. The van der Waals surface area contributed by atoms with Gasteiger partial charge in [-0.2, -0.15) is 0 Å². The molecule has 19 heavy (non-hydrogen) atoms. The zero-order valence-electron chi connectivity index (χ0n) is 9.45. The second-order valence-corrected chi connectivity index (χ2v) is 4.91. The first kappa shape index (κ1) is 13.7. The maximum absolute atomic E-state index is 13.4. The molecular formula is C13H8F2INO2. The summed E-state index contributed by atoms with van der Waals surface area (Å²) < 4.78 is 26.7. The van der Waals surface area contributed by atoms with E-state index in [0.29, 0.717) is 9.64 Å². The van der Waals surface area contributed by atoms with E-state index >= 15 is 0 Å². The summed E-state index contributed by atoms with van der Waals surface area (Å²) in [5.41, 5.74) is 0.0612. The Labute approximate surface area is 121 Å². The summed E-state index contributed by atoms with van der Waals surface area (Å²) in [5.74, 6) is -2.20. The van der Waals surface area contributed by atoms with Crippen LogP contribution in [0.4, 0.5) is 14.5 Å². The van der Waals surface area contributed by atoms with Crippen LogP contribution in [0.1, 0.15) is 10.4 Å². The summed E-state index contributed by atoms with van der Waals surface area (Å²) in [6.07, 6.45) is 0. The lowest BCUT2D eigenvalue weighted by atomic mass is 10.2. The van der Waals surface area contributed by atoms with Crippen molar-refractivity contribution in [3.8, 4) is 5.75 Å². The highest BCUT2D eigenvalue weighted by Gasteiger charge is 2.11. The molecule has 0 saturated heterocycles. The molecule has 6 heteroatoms. The molecule has 0 aliphatic heterocycles. The van der Waals surface area contributed by atoms with E-state index in [-0.39, 0.29) is 17.0 Å². The second kappa shape index (κ2) is 5.52. The standard InChI is InChI=1S/C13H8F2INO2/c14-8-2-4-11(9(15)6-8)17-13(19)7-1-3-10(16)12(18)5-7/h1-6,18H,(H,17,19). The maximum atomic E-state index is 13.4. The van der Waals surface area contributed by atoms with Crippen LogP contribution in [0.25, 0.3) is 0 Å². The molecule has 0 heterocycles. The predicted octanol–water partition coefficient (Wildman–Crippen LogP) is 3.53. The van der Waals surface area contributed by atoms with Gasteiger partial charge in [0, 0.05) is 11.6 Å². The molecule has 0 radical (unpaired) electrons. The molecule has 2 aromatic rings. The normalized spacial score (nSPS) is 10.3. The molecule has 2 aromatic carbocycles. The summed E-state index contributed by atoms with van der Waals surface area (Å²) >= 11 is 1.91. The van der Waals surface area contributed by atoms with Crippen LogP contribution in [0.5, 0.6) is 5.75 Å². The van der Waals surface area contributed by atoms with E-state index in [1.807, 2.05) is 22.6 Å². The van der Waals surface area contributed by atoms with Crippen LogP contribution in [-0.4, -0.2) is 11.0 Å². The number of nitrogens with one attached hydrogen (secondary N) is 1. The Morgan fingerprint density at radius 1 is 1.16 bits per heavy atom. The van der Waals surface area contributed by atoms with Crippen molar-refractivity contribution < 1.29 is 18.7 Å². The summed E-state index contributed by atoms with van der Waals surface area (Å²) in [6, 6.07) is 7.20. The second-order valence-electron chi connectivity index (χ2n) is 3.74. The Morgan fingerprint density at radius 3 is 2.53 bits per heavy atom. The topological polar surface area (TPSA) is 49.3 Å². The van der Waals surface area contributed by atoms with Crippen molar-refractivity contribution in [3.63, 3.8) is 0 Å². The van der Waals surface area contributed by atoms with Gasteiger partial charge >= 0.3 is 0 Å². The minimum absolute atomic E-state index is 0.0344. The van der Waals surface area contributed by atoms with Gasteiger partial charge in [-0.05, 0) is 52.9 Å². The number of anilines is 1. The Balaban J connectivity index is 2.23. The van der Waals surface area contributed by atoms with Crippen LogP contribution in [0.2, 0.25) is 0 Å². The first-order valence-corrected chi connectivity index (χ1v) is 6.30. The number of rotatable bonds is 2. The van der Waals surface area contributed by atoms with E-state index in [4.69, 9.17) is 0 Å². The van der Waals surface area contributed by atoms with Crippen molar-refractivity contribution in [1.82, 2.24) is 0 Å². The van der Waals surface area contributed by atoms with E-state index < -0.39 is 17.5 Å². The van der Waals surface area contributed by atoms with Gasteiger partial charge in [0.05, 0.1) is 9.26 Å². The van der Waals surface area contributed by atoms with E-state index in [1.165, 1.54) is 12.1 Å². The third kappa shape index (κ3) is 3.19. The van der Waals surface area contributed by atoms with Gasteiger partial charge in [-0.1, -0.05) is 0 Å². The summed E-state index contributed by atoms with van der Waals surface area (Å²) in [7, 11) is 0. The molecular weight excluding hydrogens is 367 g/mol. The maximum Gasteiger partial charge on any atom is 0.255 e. The molecule has 0 fully saturated rings. The lowest BCUT2D eigenvalue weighted by molar-refractivity contribution is 0.102. The number of carbonyl (C=O) groups is 1. The number of hydrogen-bond donors (Lipinski definition) is 2. The first-order valence-electron chi connectivity index (χ1n) is 5.22. The summed E-state index contributed by atoms with van der Waals surface area (Å²) in [6.45, 7) is 0. The SMILES string of the molecule is O=C(Nc1ccc(F)cc1F)c1ccc(I)c(O)c1. The molecule has 0 unspecified atom stereocenters. The molecule has 0 atom stereocenters. The summed E-state index contributed by atoms with van der Waals surface area (Å²) in [4.78, 5) is 11.8. The molecule has 0 aromatic heterocycles. The predicted molar refractivity (Wildman–Crippen MR) is 75.1 cm³/mol. The highest BCUT2D eigenvalue weighted by atomic mass is 127. The number of phenols is 1. The molecule has 0 bridgehead atoms. The fraction of sp³-hybridized carbons (Fsp3) is 0. The number of amides is 1. The van der Waals surface area contributed by atoms with E-state index in [0.717, 1.165) is 12.1 Å². The number of aromatic hydroxyl groups is 1. The highest BCUT2D eigenvalue weighted by Crippen LogP contribution is 2.22. The van der Waals surface area contributed by atoms with Crippen molar-refractivity contribution in [3.05, 3.63) is 57.2 Å². The fourth-order valence-electron chi connectivity index (χ4n) is 1.44. The lowest BCUT2D eigenvalue weighted by Crippen LogP contribution is -2.13. The van der Waals surface area contributed by atoms with Gasteiger partial charge in [0.2, 0.25) is 0 Å². The molecule has 0 spiro atoms. The summed E-state index contributed by atoms with van der Waals surface area (Å²) in [5, 5.41) is 11.8. The van der Waals surface area contributed by atoms with E-state index in [2.05, 4.69) is 5.32 Å². The Morgan fingerprint density at radius 2 is 1.89 bits per heavy atom. The average molecular weight is 375 g/mol. The van der Waals surface area contributed by atoms with Crippen LogP contribution in [-0.2, 0) is 0 Å². The number of hydrogen-bond acceptors (Lipinski definition) is 2. The van der Waals surface area contributed by atoms with Crippen LogP contribution in [0.15, 0.2) is 36.4 Å². The largest absolute Gasteiger partial charge is 0.507 e. The minimum atomic E-state index is -0.858. The van der Waals surface area contributed by atoms with Gasteiger partial charge in [-0.25, -0.2) is 8.78 Å². The molecule has 2 rings (SSSR count). The average Bonchev–Trinajstić information content (AvgIpc) is 2.36. The third-order valence-corrected chi connectivity index (χ3v) is 3.30. The van der Waals surface area contributed by atoms with E-state index in [9.17, 15) is 18.7 Å². The van der Waals surface area contributed by atoms with Gasteiger partial charge in [0.1, 0.15) is 17.4 Å². The Hall–Kier alpha value is -1.70. The zero-order valence-corrected chi connectivity index (χ0v) is 11.6. The van der Waals surface area contributed by atoms with Crippen molar-refractivity contribution in [2.24, 2.45) is 0 Å². The van der Waals surface area contributed by atoms with Crippen molar-refractivity contribution in [2.75, 3.05) is 5.32 Å². The monoisotopic (exact) mass is 375 g/mol. The van der Waals surface area contributed by atoms with Gasteiger partial charge in [0.15, 0.2) is 0 Å². The van der Waals surface area contributed by atoms with Crippen LogP contribution >= 0.6 is 22.6 Å². The number of halogens is 3. The molecule has 2 N–H and O–H groups in total. The van der Waals surface area contributed by atoms with Gasteiger partial charge in [-0.3, -0.25) is 4.79 Å². The molecule has 0 aliphatic rings. The number of benzene rings is 2. The van der Waals surface area contributed by atoms with Crippen LogP contribution in [0, 0.1) is 15.2 Å². The number of carbonyl (C=O) groups excluding carboxylic acids is 1. The highest BCUT2D eigenvalue weighted by molar-refractivity contribution is 14.1. The molecule has 1 amide bonds. The van der Waals surface area contributed by atoms with Gasteiger partial charge in [0.25, 0.3) is 5.91 Å². The molecule has 98 valence electrons. The Bertz CT molecular complexity index is 647. The lowest BCUT2D eigenvalue weighted by Gasteiger charge is -2.07. The van der Waals surface area contributed by atoms with E-state index in [1.54, 1.807) is 6.07 Å². The zero-order chi connectivity index (χ0) is 14.0. The van der Waals surface area contributed by atoms with Crippen LogP contribution in [0.3, 0.4) is 0 Å². The third-order valence-electron chi connectivity index (χ3n) is 2.39. The first-order chi connectivity index (χ1) is 8.97. The fourth-order valence-corrected chi connectivity index (χ4v) is 1.77.